The van der Waals surface area contributed by atoms with Crippen LogP contribution in [0, 0.1) is 11.6 Å². The van der Waals surface area contributed by atoms with Crippen LogP contribution in [-0.2, 0) is 0 Å². The van der Waals surface area contributed by atoms with E-state index in [4.69, 9.17) is 0 Å². The summed E-state index contributed by atoms with van der Waals surface area (Å²) in [6.07, 6.45) is 0.565. The van der Waals surface area contributed by atoms with Gasteiger partial charge in [-0.25, -0.2) is 18.4 Å². The van der Waals surface area contributed by atoms with Gasteiger partial charge in [-0.1, -0.05) is 24.3 Å². The van der Waals surface area contributed by atoms with Crippen LogP contribution in [0.5, 0.6) is 0 Å². The first-order valence-corrected chi connectivity index (χ1v) is 8.65. The Morgan fingerprint density at radius 2 is 1.11 bits per heavy atom. The molecule has 4 amide bonds. The van der Waals surface area contributed by atoms with E-state index < -0.39 is 23.7 Å². The molecule has 142 valence electrons. The minimum atomic E-state index is -0.508. The Morgan fingerprint density at radius 1 is 0.704 bits per heavy atom. The van der Waals surface area contributed by atoms with Gasteiger partial charge in [0, 0.05) is 26.2 Å². The molecule has 0 saturated carbocycles. The first-order valence-electron chi connectivity index (χ1n) is 8.65. The summed E-state index contributed by atoms with van der Waals surface area (Å²) < 4.78 is 27.4. The molecule has 1 fully saturated rings. The molecule has 0 bridgehead atoms. The molecule has 0 unspecified atom stereocenters. The average Bonchev–Trinajstić information content (AvgIpc) is 2.92. The van der Waals surface area contributed by atoms with Crippen molar-refractivity contribution in [3.8, 4) is 0 Å². The standard InChI is InChI=1S/C19H20F2N4O2/c20-14-6-1-3-8-16(14)22-18(26)24-10-5-11-25(13-12-24)19(27)23-17-9-4-2-7-15(17)21/h1-4,6-9H,5,10-13H2,(H,22,26)(H,23,27). The largest absolute Gasteiger partial charge is 0.323 e. The fourth-order valence-corrected chi connectivity index (χ4v) is 2.84. The lowest BCUT2D eigenvalue weighted by Crippen LogP contribution is -2.40. The highest BCUT2D eigenvalue weighted by atomic mass is 19.1. The third-order valence-corrected chi connectivity index (χ3v) is 4.30. The summed E-state index contributed by atoms with van der Waals surface area (Å²) in [6, 6.07) is 11.0. The Labute approximate surface area is 155 Å². The van der Waals surface area contributed by atoms with E-state index in [0.717, 1.165) is 0 Å². The van der Waals surface area contributed by atoms with Crippen LogP contribution in [0.3, 0.4) is 0 Å². The van der Waals surface area contributed by atoms with Crippen LogP contribution in [0.4, 0.5) is 29.7 Å². The van der Waals surface area contributed by atoms with Crippen LogP contribution in [0.2, 0.25) is 0 Å². The smallest absolute Gasteiger partial charge is 0.321 e. The summed E-state index contributed by atoms with van der Waals surface area (Å²) in [7, 11) is 0. The van der Waals surface area contributed by atoms with Crippen molar-refractivity contribution in [1.82, 2.24) is 9.80 Å². The molecule has 0 spiro atoms. The Bertz CT molecular complexity index is 763. The van der Waals surface area contributed by atoms with Crippen LogP contribution in [0.15, 0.2) is 48.5 Å². The zero-order valence-electron chi connectivity index (χ0n) is 14.6. The molecule has 0 radical (unpaired) electrons. The van der Waals surface area contributed by atoms with Crippen LogP contribution in [0.25, 0.3) is 0 Å². The van der Waals surface area contributed by atoms with Crippen LogP contribution >= 0.6 is 0 Å². The van der Waals surface area contributed by atoms with Gasteiger partial charge < -0.3 is 20.4 Å². The van der Waals surface area contributed by atoms with E-state index >= 15 is 0 Å². The SMILES string of the molecule is O=C(Nc1ccccc1F)N1CCCN(C(=O)Nc2ccccc2F)CC1. The number of benzene rings is 2. The summed E-state index contributed by atoms with van der Waals surface area (Å²) in [4.78, 5) is 27.8. The summed E-state index contributed by atoms with van der Waals surface area (Å²) >= 11 is 0. The van der Waals surface area contributed by atoms with Gasteiger partial charge in [0.1, 0.15) is 11.6 Å². The Morgan fingerprint density at radius 3 is 1.52 bits per heavy atom. The van der Waals surface area contributed by atoms with Gasteiger partial charge in [0.25, 0.3) is 0 Å². The minimum Gasteiger partial charge on any atom is -0.323 e. The molecular formula is C19H20F2N4O2. The van der Waals surface area contributed by atoms with Gasteiger partial charge in [0.05, 0.1) is 11.4 Å². The zero-order valence-corrected chi connectivity index (χ0v) is 14.6. The normalized spacial score (nSPS) is 14.4. The molecule has 8 heteroatoms. The van der Waals surface area contributed by atoms with Crippen LogP contribution in [0.1, 0.15) is 6.42 Å². The van der Waals surface area contributed by atoms with Crippen molar-refractivity contribution in [3.05, 3.63) is 60.2 Å². The lowest BCUT2D eigenvalue weighted by molar-refractivity contribution is 0.205. The van der Waals surface area contributed by atoms with Crippen LogP contribution < -0.4 is 10.6 Å². The first-order chi connectivity index (χ1) is 13.0. The predicted octanol–water partition coefficient (Wildman–Crippen LogP) is 3.74. The zero-order chi connectivity index (χ0) is 19.2. The molecule has 2 aromatic rings. The second kappa shape index (κ2) is 8.48. The highest BCUT2D eigenvalue weighted by molar-refractivity contribution is 5.90. The van der Waals surface area contributed by atoms with Gasteiger partial charge in [0.2, 0.25) is 0 Å². The van der Waals surface area contributed by atoms with Crippen molar-refractivity contribution in [3.63, 3.8) is 0 Å². The monoisotopic (exact) mass is 374 g/mol. The van der Waals surface area contributed by atoms with E-state index in [0.29, 0.717) is 32.6 Å². The fourth-order valence-electron chi connectivity index (χ4n) is 2.84. The Hall–Kier alpha value is -3.16. The van der Waals surface area contributed by atoms with Gasteiger partial charge in [-0.2, -0.15) is 0 Å². The molecule has 1 heterocycles. The molecule has 1 saturated heterocycles. The van der Waals surface area contributed by atoms with E-state index in [9.17, 15) is 18.4 Å². The predicted molar refractivity (Wildman–Crippen MR) is 98.6 cm³/mol. The maximum absolute atomic E-state index is 13.7. The molecule has 3 rings (SSSR count). The molecule has 0 atom stereocenters. The van der Waals surface area contributed by atoms with Gasteiger partial charge in [-0.05, 0) is 30.7 Å². The first kappa shape index (κ1) is 18.6. The lowest BCUT2D eigenvalue weighted by atomic mass is 10.3. The molecule has 6 nitrogen and oxygen atoms in total. The molecule has 27 heavy (non-hydrogen) atoms. The second-order valence-electron chi connectivity index (χ2n) is 6.15. The number of halogens is 2. The number of anilines is 2. The maximum atomic E-state index is 13.7. The minimum absolute atomic E-state index is 0.112. The summed E-state index contributed by atoms with van der Waals surface area (Å²) in [5.74, 6) is -1.02. The number of rotatable bonds is 2. The van der Waals surface area contributed by atoms with E-state index in [1.54, 1.807) is 24.3 Å². The van der Waals surface area contributed by atoms with Crippen molar-refractivity contribution in [2.45, 2.75) is 6.42 Å². The Kier molecular flexibility index (Phi) is 5.85. The number of hydrogen-bond acceptors (Lipinski definition) is 2. The fraction of sp³-hybridized carbons (Fsp3) is 0.263. The molecular weight excluding hydrogens is 354 g/mol. The van der Waals surface area contributed by atoms with E-state index in [1.165, 1.54) is 34.1 Å². The topological polar surface area (TPSA) is 64.7 Å². The third-order valence-electron chi connectivity index (χ3n) is 4.30. The highest BCUT2D eigenvalue weighted by Gasteiger charge is 2.23. The number of para-hydroxylation sites is 2. The number of hydrogen-bond donors (Lipinski definition) is 2. The summed E-state index contributed by atoms with van der Waals surface area (Å²) in [6.45, 7) is 1.46. The Balaban J connectivity index is 1.57. The van der Waals surface area contributed by atoms with E-state index in [2.05, 4.69) is 10.6 Å². The summed E-state index contributed by atoms with van der Waals surface area (Å²) in [5.41, 5.74) is 0.224. The summed E-state index contributed by atoms with van der Waals surface area (Å²) in [5, 5.41) is 5.08. The second-order valence-corrected chi connectivity index (χ2v) is 6.15. The number of urea groups is 2. The van der Waals surface area contributed by atoms with E-state index in [1.807, 2.05) is 0 Å². The van der Waals surface area contributed by atoms with Crippen molar-refractivity contribution in [2.24, 2.45) is 0 Å². The quantitative estimate of drug-likeness (QED) is 0.841. The van der Waals surface area contributed by atoms with E-state index in [-0.39, 0.29) is 11.4 Å². The van der Waals surface area contributed by atoms with Crippen molar-refractivity contribution in [1.29, 1.82) is 0 Å². The molecule has 2 aromatic carbocycles. The van der Waals surface area contributed by atoms with Gasteiger partial charge in [0.15, 0.2) is 0 Å². The number of nitrogens with one attached hydrogen (secondary N) is 2. The van der Waals surface area contributed by atoms with Crippen molar-refractivity contribution < 1.29 is 18.4 Å². The molecule has 0 aromatic heterocycles. The third kappa shape index (κ3) is 4.72. The molecule has 2 N–H and O–H groups in total. The lowest BCUT2D eigenvalue weighted by Gasteiger charge is -2.23. The molecule has 1 aliphatic heterocycles. The van der Waals surface area contributed by atoms with Crippen molar-refractivity contribution >= 4 is 23.4 Å². The number of carbonyl (C=O) groups excluding carboxylic acids is 2. The van der Waals surface area contributed by atoms with Gasteiger partial charge in [-0.3, -0.25) is 0 Å². The highest BCUT2D eigenvalue weighted by Crippen LogP contribution is 2.16. The number of nitrogens with zero attached hydrogens (tertiary/aromatic N) is 2. The van der Waals surface area contributed by atoms with Gasteiger partial charge in [-0.15, -0.1) is 0 Å². The molecule has 1 aliphatic rings. The number of amides is 4. The van der Waals surface area contributed by atoms with Crippen molar-refractivity contribution in [2.75, 3.05) is 36.8 Å². The van der Waals surface area contributed by atoms with Gasteiger partial charge >= 0.3 is 12.1 Å². The number of carbonyl (C=O) groups is 2. The van der Waals surface area contributed by atoms with Crippen LogP contribution in [-0.4, -0.2) is 48.0 Å². The average molecular weight is 374 g/mol. The maximum Gasteiger partial charge on any atom is 0.321 e. The molecule has 0 aliphatic carbocycles.